The van der Waals surface area contributed by atoms with Crippen LogP contribution >= 0.6 is 0 Å². The quantitative estimate of drug-likeness (QED) is 0.756. The van der Waals surface area contributed by atoms with Gasteiger partial charge in [0.1, 0.15) is 5.82 Å². The molecule has 1 N–H and O–H groups in total. The number of amides is 1. The molecule has 6 heteroatoms. The smallest absolute Gasteiger partial charge is 0.253 e. The van der Waals surface area contributed by atoms with E-state index in [0.29, 0.717) is 25.3 Å². The number of aromatic nitrogens is 3. The normalized spacial score (nSPS) is 10.8. The highest BCUT2D eigenvalue weighted by molar-refractivity contribution is 5.93. The lowest BCUT2D eigenvalue weighted by Crippen LogP contribution is -2.25. The number of rotatable bonds is 6. The summed E-state index contributed by atoms with van der Waals surface area (Å²) in [6, 6.07) is 11.4. The average Bonchev–Trinajstić information content (AvgIpc) is 2.96. The van der Waals surface area contributed by atoms with Gasteiger partial charge in [-0.15, -0.1) is 0 Å². The van der Waals surface area contributed by atoms with Crippen LogP contribution < -0.4 is 5.32 Å². The minimum Gasteiger partial charge on any atom is -0.383 e. The third-order valence-corrected chi connectivity index (χ3v) is 3.58. The predicted molar refractivity (Wildman–Crippen MR) is 87.0 cm³/mol. The summed E-state index contributed by atoms with van der Waals surface area (Å²) in [4.78, 5) is 20.7. The topological polar surface area (TPSA) is 69.0 Å². The van der Waals surface area contributed by atoms with Gasteiger partial charge in [-0.05, 0) is 24.3 Å². The van der Waals surface area contributed by atoms with Gasteiger partial charge in [-0.2, -0.15) is 0 Å². The molecule has 0 atom stereocenters. The third-order valence-electron chi connectivity index (χ3n) is 3.58. The Hall–Kier alpha value is -2.73. The summed E-state index contributed by atoms with van der Waals surface area (Å²) in [5.41, 5.74) is 2.48. The molecule has 3 rings (SSSR count). The maximum absolute atomic E-state index is 12.1. The van der Waals surface area contributed by atoms with Crippen LogP contribution in [0.2, 0.25) is 0 Å². The van der Waals surface area contributed by atoms with Gasteiger partial charge in [0.05, 0.1) is 29.7 Å². The Morgan fingerprint density at radius 3 is 2.91 bits per heavy atom. The Balaban J connectivity index is 1.80. The third kappa shape index (κ3) is 3.37. The highest BCUT2D eigenvalue weighted by Crippen LogP contribution is 2.16. The molecule has 1 aromatic carbocycles. The second-order valence-corrected chi connectivity index (χ2v) is 5.09. The van der Waals surface area contributed by atoms with Gasteiger partial charge < -0.3 is 14.6 Å². The molecule has 0 radical (unpaired) electrons. The fourth-order valence-electron chi connectivity index (χ4n) is 2.45. The number of benzene rings is 1. The van der Waals surface area contributed by atoms with Gasteiger partial charge >= 0.3 is 0 Å². The number of pyridine rings is 1. The van der Waals surface area contributed by atoms with E-state index in [2.05, 4.69) is 19.9 Å². The summed E-state index contributed by atoms with van der Waals surface area (Å²) in [6.07, 6.45) is 3.18. The van der Waals surface area contributed by atoms with Crippen LogP contribution in [0.4, 0.5) is 0 Å². The van der Waals surface area contributed by atoms with Crippen molar-refractivity contribution in [3.63, 3.8) is 0 Å². The van der Waals surface area contributed by atoms with E-state index in [0.717, 1.165) is 16.9 Å². The van der Waals surface area contributed by atoms with Crippen LogP contribution in [0.25, 0.3) is 11.0 Å². The molecule has 0 aliphatic carbocycles. The number of nitrogens with one attached hydrogen (secondary N) is 1. The van der Waals surface area contributed by atoms with Crippen LogP contribution in [-0.2, 0) is 17.8 Å². The van der Waals surface area contributed by atoms with E-state index in [-0.39, 0.29) is 5.91 Å². The monoisotopic (exact) mass is 310 g/mol. The van der Waals surface area contributed by atoms with Crippen molar-refractivity contribution >= 4 is 16.9 Å². The lowest BCUT2D eigenvalue weighted by atomic mass is 10.3. The number of ether oxygens (including phenoxy) is 1. The zero-order valence-corrected chi connectivity index (χ0v) is 12.9. The Bertz CT molecular complexity index is 799. The molecule has 3 aromatic rings. The van der Waals surface area contributed by atoms with Crippen LogP contribution in [-0.4, -0.2) is 34.2 Å². The molecule has 0 saturated heterocycles. The fourth-order valence-corrected chi connectivity index (χ4v) is 2.45. The van der Waals surface area contributed by atoms with E-state index < -0.39 is 0 Å². The van der Waals surface area contributed by atoms with Crippen LogP contribution in [0.1, 0.15) is 16.2 Å². The lowest BCUT2D eigenvalue weighted by Gasteiger charge is -2.09. The molecule has 0 fully saturated rings. The van der Waals surface area contributed by atoms with Crippen molar-refractivity contribution in [3.8, 4) is 0 Å². The van der Waals surface area contributed by atoms with Crippen molar-refractivity contribution in [1.29, 1.82) is 0 Å². The van der Waals surface area contributed by atoms with Gasteiger partial charge in [0.2, 0.25) is 0 Å². The van der Waals surface area contributed by atoms with E-state index in [1.54, 1.807) is 31.6 Å². The van der Waals surface area contributed by atoms with Crippen molar-refractivity contribution in [3.05, 3.63) is 60.2 Å². The summed E-state index contributed by atoms with van der Waals surface area (Å²) in [5, 5.41) is 2.89. The van der Waals surface area contributed by atoms with Crippen molar-refractivity contribution in [2.24, 2.45) is 0 Å². The number of methoxy groups -OCH3 is 1. The zero-order chi connectivity index (χ0) is 16.1. The zero-order valence-electron chi connectivity index (χ0n) is 12.9. The molecular weight excluding hydrogens is 292 g/mol. The molecule has 0 bridgehead atoms. The average molecular weight is 310 g/mol. The minimum absolute atomic E-state index is 0.163. The number of fused-ring (bicyclic) bond motifs is 1. The van der Waals surface area contributed by atoms with Crippen LogP contribution in [0.5, 0.6) is 0 Å². The van der Waals surface area contributed by atoms with Gasteiger partial charge in [-0.25, -0.2) is 4.98 Å². The Morgan fingerprint density at radius 1 is 1.26 bits per heavy atom. The standard InChI is InChI=1S/C17H18N4O2/c1-23-10-9-21-15-7-3-2-6-14(15)20-16(21)12-19-17(22)13-5-4-8-18-11-13/h2-8,11H,9-10,12H2,1H3,(H,19,22). The van der Waals surface area contributed by atoms with Crippen molar-refractivity contribution in [2.45, 2.75) is 13.1 Å². The van der Waals surface area contributed by atoms with Crippen LogP contribution in [0, 0.1) is 0 Å². The van der Waals surface area contributed by atoms with Gasteiger partial charge in [-0.3, -0.25) is 9.78 Å². The van der Waals surface area contributed by atoms with Crippen molar-refractivity contribution < 1.29 is 9.53 Å². The highest BCUT2D eigenvalue weighted by atomic mass is 16.5. The number of carbonyl (C=O) groups is 1. The lowest BCUT2D eigenvalue weighted by molar-refractivity contribution is 0.0949. The van der Waals surface area contributed by atoms with E-state index >= 15 is 0 Å². The Kier molecular flexibility index (Phi) is 4.63. The Morgan fingerprint density at radius 2 is 2.13 bits per heavy atom. The summed E-state index contributed by atoms with van der Waals surface area (Å²) in [7, 11) is 1.67. The molecule has 2 heterocycles. The molecule has 2 aromatic heterocycles. The van der Waals surface area contributed by atoms with E-state index in [9.17, 15) is 4.79 Å². The summed E-state index contributed by atoms with van der Waals surface area (Å²) in [6.45, 7) is 1.63. The summed E-state index contributed by atoms with van der Waals surface area (Å²) >= 11 is 0. The minimum atomic E-state index is -0.163. The van der Waals surface area contributed by atoms with Gasteiger partial charge in [0.15, 0.2) is 0 Å². The van der Waals surface area contributed by atoms with E-state index in [1.807, 2.05) is 24.3 Å². The molecule has 0 aliphatic rings. The number of carbonyl (C=O) groups excluding carboxylic acids is 1. The number of imidazole rings is 1. The molecule has 23 heavy (non-hydrogen) atoms. The molecule has 0 unspecified atom stereocenters. The SMILES string of the molecule is COCCn1c(CNC(=O)c2cccnc2)nc2ccccc21. The maximum Gasteiger partial charge on any atom is 0.253 e. The first-order valence-electron chi connectivity index (χ1n) is 7.41. The first-order valence-corrected chi connectivity index (χ1v) is 7.41. The second-order valence-electron chi connectivity index (χ2n) is 5.09. The molecule has 0 aliphatic heterocycles. The molecule has 0 saturated carbocycles. The van der Waals surface area contributed by atoms with Gasteiger partial charge in [0.25, 0.3) is 5.91 Å². The second kappa shape index (κ2) is 7.02. The van der Waals surface area contributed by atoms with Gasteiger partial charge in [-0.1, -0.05) is 12.1 Å². The highest BCUT2D eigenvalue weighted by Gasteiger charge is 2.12. The van der Waals surface area contributed by atoms with Crippen LogP contribution in [0.3, 0.4) is 0 Å². The van der Waals surface area contributed by atoms with E-state index in [1.165, 1.54) is 0 Å². The van der Waals surface area contributed by atoms with Crippen molar-refractivity contribution in [1.82, 2.24) is 19.9 Å². The molecule has 6 nitrogen and oxygen atoms in total. The van der Waals surface area contributed by atoms with E-state index in [4.69, 9.17) is 4.74 Å². The summed E-state index contributed by atoms with van der Waals surface area (Å²) in [5.74, 6) is 0.643. The number of para-hydroxylation sites is 2. The van der Waals surface area contributed by atoms with Gasteiger partial charge in [0, 0.05) is 26.0 Å². The predicted octanol–water partition coefficient (Wildman–Crippen LogP) is 2.01. The number of nitrogens with zero attached hydrogens (tertiary/aromatic N) is 3. The number of hydrogen-bond acceptors (Lipinski definition) is 4. The fraction of sp³-hybridized carbons (Fsp3) is 0.235. The molecular formula is C17H18N4O2. The number of hydrogen-bond donors (Lipinski definition) is 1. The van der Waals surface area contributed by atoms with Crippen LogP contribution in [0.15, 0.2) is 48.8 Å². The molecule has 0 spiro atoms. The summed E-state index contributed by atoms with van der Waals surface area (Å²) < 4.78 is 7.24. The largest absolute Gasteiger partial charge is 0.383 e. The first kappa shape index (κ1) is 15.2. The van der Waals surface area contributed by atoms with Crippen molar-refractivity contribution in [2.75, 3.05) is 13.7 Å². The first-order chi connectivity index (χ1) is 11.3. The Labute approximate surface area is 134 Å². The molecule has 118 valence electrons. The molecule has 1 amide bonds. The maximum atomic E-state index is 12.1.